The molecule has 3 rings (SSSR count). The van der Waals surface area contributed by atoms with Gasteiger partial charge in [-0.25, -0.2) is 9.18 Å². The highest BCUT2D eigenvalue weighted by atomic mass is 19.1. The van der Waals surface area contributed by atoms with Gasteiger partial charge in [0.25, 0.3) is 0 Å². The number of carbonyl (C=O) groups is 1. The number of pyridine rings is 1. The molecule has 132 valence electrons. The Bertz CT molecular complexity index is 751. The Kier molecular flexibility index (Phi) is 5.48. The highest BCUT2D eigenvalue weighted by Gasteiger charge is 2.21. The van der Waals surface area contributed by atoms with Crippen molar-refractivity contribution in [3.63, 3.8) is 0 Å². The number of halogens is 1. The molecular weight excluding hydrogens is 323 g/mol. The number of carboxylic acids is 1. The molecule has 25 heavy (non-hydrogen) atoms. The lowest BCUT2D eigenvalue weighted by atomic mass is 9.82. The summed E-state index contributed by atoms with van der Waals surface area (Å²) in [6, 6.07) is 7.40. The Morgan fingerprint density at radius 2 is 2.28 bits per heavy atom. The SMILES string of the molecule is O=C(O)c1ccncc1NCC1CCCc2cc(OCCF)ccc21. The first-order chi connectivity index (χ1) is 12.2. The van der Waals surface area contributed by atoms with Gasteiger partial charge in [-0.1, -0.05) is 6.07 Å². The number of aromatic nitrogens is 1. The van der Waals surface area contributed by atoms with Gasteiger partial charge in [-0.2, -0.15) is 0 Å². The highest BCUT2D eigenvalue weighted by molar-refractivity contribution is 5.93. The van der Waals surface area contributed by atoms with E-state index in [1.165, 1.54) is 23.4 Å². The lowest BCUT2D eigenvalue weighted by Gasteiger charge is -2.26. The van der Waals surface area contributed by atoms with Crippen LogP contribution in [0.4, 0.5) is 10.1 Å². The highest BCUT2D eigenvalue weighted by Crippen LogP contribution is 2.34. The topological polar surface area (TPSA) is 71.5 Å². The van der Waals surface area contributed by atoms with E-state index in [1.807, 2.05) is 18.2 Å². The molecule has 6 heteroatoms. The van der Waals surface area contributed by atoms with Crippen molar-refractivity contribution in [3.05, 3.63) is 53.3 Å². The van der Waals surface area contributed by atoms with Crippen LogP contribution in [0.1, 0.15) is 40.2 Å². The Labute approximate surface area is 145 Å². The van der Waals surface area contributed by atoms with Crippen molar-refractivity contribution in [1.29, 1.82) is 0 Å². The first-order valence-corrected chi connectivity index (χ1v) is 8.42. The molecule has 0 aliphatic heterocycles. The molecular formula is C19H21FN2O3. The van der Waals surface area contributed by atoms with Gasteiger partial charge in [-0.05, 0) is 48.6 Å². The van der Waals surface area contributed by atoms with E-state index < -0.39 is 12.6 Å². The summed E-state index contributed by atoms with van der Waals surface area (Å²) in [7, 11) is 0. The summed E-state index contributed by atoms with van der Waals surface area (Å²) >= 11 is 0. The second kappa shape index (κ2) is 7.96. The predicted molar refractivity (Wildman–Crippen MR) is 93.3 cm³/mol. The minimum absolute atomic E-state index is 0.0722. The number of nitrogens with zero attached hydrogens (tertiary/aromatic N) is 1. The molecule has 0 bridgehead atoms. The summed E-state index contributed by atoms with van der Waals surface area (Å²) in [6.45, 7) is 0.215. The summed E-state index contributed by atoms with van der Waals surface area (Å²) in [5, 5.41) is 12.5. The molecule has 0 amide bonds. The average molecular weight is 344 g/mol. The number of nitrogens with one attached hydrogen (secondary N) is 1. The number of benzene rings is 1. The monoisotopic (exact) mass is 344 g/mol. The quantitative estimate of drug-likeness (QED) is 0.802. The first-order valence-electron chi connectivity index (χ1n) is 8.42. The van der Waals surface area contributed by atoms with Crippen LogP contribution in [0.5, 0.6) is 5.75 Å². The van der Waals surface area contributed by atoms with Crippen LogP contribution in [0.25, 0.3) is 0 Å². The summed E-state index contributed by atoms with van der Waals surface area (Å²) in [6.07, 6.45) is 6.09. The van der Waals surface area contributed by atoms with E-state index in [1.54, 1.807) is 6.20 Å². The zero-order chi connectivity index (χ0) is 17.6. The fourth-order valence-electron chi connectivity index (χ4n) is 3.30. The van der Waals surface area contributed by atoms with Gasteiger partial charge in [0.1, 0.15) is 19.0 Å². The molecule has 2 N–H and O–H groups in total. The van der Waals surface area contributed by atoms with Crippen LogP contribution in [0.15, 0.2) is 36.7 Å². The summed E-state index contributed by atoms with van der Waals surface area (Å²) in [5.74, 6) is 0.0230. The molecule has 1 aromatic carbocycles. The molecule has 0 fully saturated rings. The predicted octanol–water partition coefficient (Wildman–Crippen LogP) is 3.66. The number of carboxylic acid groups (broad SMARTS) is 1. The van der Waals surface area contributed by atoms with E-state index in [9.17, 15) is 14.3 Å². The van der Waals surface area contributed by atoms with Crippen molar-refractivity contribution >= 4 is 11.7 Å². The fraction of sp³-hybridized carbons (Fsp3) is 0.368. The summed E-state index contributed by atoms with van der Waals surface area (Å²) in [5.41, 5.74) is 3.22. The zero-order valence-corrected chi connectivity index (χ0v) is 13.9. The molecule has 0 saturated carbocycles. The molecule has 0 radical (unpaired) electrons. The lowest BCUT2D eigenvalue weighted by molar-refractivity contribution is 0.0698. The second-order valence-corrected chi connectivity index (χ2v) is 6.09. The van der Waals surface area contributed by atoms with Crippen LogP contribution in [0.2, 0.25) is 0 Å². The molecule has 1 aromatic heterocycles. The van der Waals surface area contributed by atoms with Gasteiger partial charge in [0, 0.05) is 18.7 Å². The maximum absolute atomic E-state index is 12.3. The van der Waals surface area contributed by atoms with Crippen LogP contribution < -0.4 is 10.1 Å². The zero-order valence-electron chi connectivity index (χ0n) is 13.9. The molecule has 0 saturated heterocycles. The molecule has 1 unspecified atom stereocenters. The number of anilines is 1. The van der Waals surface area contributed by atoms with Crippen molar-refractivity contribution in [2.24, 2.45) is 0 Å². The fourth-order valence-corrected chi connectivity index (χ4v) is 3.30. The number of aryl methyl sites for hydroxylation is 1. The first kappa shape index (κ1) is 17.2. The Balaban J connectivity index is 1.72. The normalized spacial score (nSPS) is 16.1. The molecule has 1 atom stereocenters. The Hall–Kier alpha value is -2.63. The number of hydrogen-bond donors (Lipinski definition) is 2. The van der Waals surface area contributed by atoms with Crippen LogP contribution in [-0.2, 0) is 6.42 Å². The molecule has 2 aromatic rings. The van der Waals surface area contributed by atoms with Crippen molar-refractivity contribution in [2.45, 2.75) is 25.2 Å². The number of ether oxygens (including phenoxy) is 1. The molecule has 5 nitrogen and oxygen atoms in total. The van der Waals surface area contributed by atoms with Gasteiger partial charge in [-0.3, -0.25) is 4.98 Å². The van der Waals surface area contributed by atoms with E-state index in [4.69, 9.17) is 4.74 Å². The minimum atomic E-state index is -0.969. The third-order valence-electron chi connectivity index (χ3n) is 4.49. The van der Waals surface area contributed by atoms with Gasteiger partial charge in [-0.15, -0.1) is 0 Å². The summed E-state index contributed by atoms with van der Waals surface area (Å²) in [4.78, 5) is 15.3. The van der Waals surface area contributed by atoms with Crippen molar-refractivity contribution in [2.75, 3.05) is 25.1 Å². The standard InChI is InChI=1S/C19H21FN2O3/c20-7-9-25-15-4-5-16-13(10-15)2-1-3-14(16)11-22-18-12-21-8-6-17(18)19(23)24/h4-6,8,10,12,14,22H,1-3,7,9,11H2,(H,23,24). The van der Waals surface area contributed by atoms with Gasteiger partial charge in [0.05, 0.1) is 17.4 Å². The lowest BCUT2D eigenvalue weighted by Crippen LogP contribution is -2.19. The van der Waals surface area contributed by atoms with Crippen LogP contribution in [0.3, 0.4) is 0 Å². The maximum atomic E-state index is 12.3. The van der Waals surface area contributed by atoms with E-state index in [0.717, 1.165) is 19.3 Å². The van der Waals surface area contributed by atoms with Crippen molar-refractivity contribution in [1.82, 2.24) is 4.98 Å². The van der Waals surface area contributed by atoms with Crippen LogP contribution >= 0.6 is 0 Å². The number of alkyl halides is 1. The molecule has 1 aliphatic carbocycles. The van der Waals surface area contributed by atoms with Crippen LogP contribution in [-0.4, -0.2) is 35.9 Å². The van der Waals surface area contributed by atoms with E-state index in [2.05, 4.69) is 10.3 Å². The number of fused-ring (bicyclic) bond motifs is 1. The molecule has 1 heterocycles. The largest absolute Gasteiger partial charge is 0.491 e. The van der Waals surface area contributed by atoms with E-state index in [-0.39, 0.29) is 12.2 Å². The number of rotatable bonds is 7. The maximum Gasteiger partial charge on any atom is 0.337 e. The van der Waals surface area contributed by atoms with Crippen molar-refractivity contribution < 1.29 is 19.0 Å². The molecule has 0 spiro atoms. The Morgan fingerprint density at radius 3 is 3.08 bits per heavy atom. The average Bonchev–Trinajstić information content (AvgIpc) is 2.64. The summed E-state index contributed by atoms with van der Waals surface area (Å²) < 4.78 is 17.6. The second-order valence-electron chi connectivity index (χ2n) is 6.09. The Morgan fingerprint density at radius 1 is 1.40 bits per heavy atom. The minimum Gasteiger partial charge on any atom is -0.491 e. The van der Waals surface area contributed by atoms with E-state index in [0.29, 0.717) is 23.9 Å². The van der Waals surface area contributed by atoms with Gasteiger partial charge >= 0.3 is 5.97 Å². The van der Waals surface area contributed by atoms with Crippen molar-refractivity contribution in [3.8, 4) is 5.75 Å². The van der Waals surface area contributed by atoms with Crippen LogP contribution in [0, 0.1) is 0 Å². The molecule has 1 aliphatic rings. The number of aromatic carboxylic acids is 1. The van der Waals surface area contributed by atoms with Gasteiger partial charge in [0.2, 0.25) is 0 Å². The third-order valence-corrected chi connectivity index (χ3v) is 4.49. The number of hydrogen-bond acceptors (Lipinski definition) is 4. The van der Waals surface area contributed by atoms with Gasteiger partial charge in [0.15, 0.2) is 0 Å². The van der Waals surface area contributed by atoms with E-state index >= 15 is 0 Å². The smallest absolute Gasteiger partial charge is 0.337 e. The van der Waals surface area contributed by atoms with Gasteiger partial charge < -0.3 is 15.2 Å². The third kappa shape index (κ3) is 4.07.